The van der Waals surface area contributed by atoms with Crippen LogP contribution in [0.1, 0.15) is 44.7 Å². The van der Waals surface area contributed by atoms with Crippen LogP contribution in [0.5, 0.6) is 5.75 Å². The van der Waals surface area contributed by atoms with Crippen molar-refractivity contribution in [3.63, 3.8) is 0 Å². The fourth-order valence-electron chi connectivity index (χ4n) is 1.79. The standard InChI is InChI=1S/C16H26N2O/c1-3-5-6-7-8-11-19-16-10-9-15(18-13-16)12-14(17)4-2/h3,9-10,13-14H,1,4-8,11-12,17H2,2H3. The van der Waals surface area contributed by atoms with Gasteiger partial charge in [-0.1, -0.05) is 13.0 Å². The maximum Gasteiger partial charge on any atom is 0.137 e. The zero-order valence-corrected chi connectivity index (χ0v) is 12.0. The predicted molar refractivity (Wildman–Crippen MR) is 80.4 cm³/mol. The molecule has 0 radical (unpaired) electrons. The lowest BCUT2D eigenvalue weighted by Gasteiger charge is -2.09. The highest BCUT2D eigenvalue weighted by Gasteiger charge is 2.03. The van der Waals surface area contributed by atoms with Crippen molar-refractivity contribution >= 4 is 0 Å². The third kappa shape index (κ3) is 6.97. The maximum atomic E-state index is 5.90. The van der Waals surface area contributed by atoms with E-state index in [2.05, 4.69) is 18.5 Å². The highest BCUT2D eigenvalue weighted by atomic mass is 16.5. The van der Waals surface area contributed by atoms with Gasteiger partial charge in [0.15, 0.2) is 0 Å². The van der Waals surface area contributed by atoms with Crippen LogP contribution in [0.15, 0.2) is 31.0 Å². The van der Waals surface area contributed by atoms with Crippen LogP contribution in [0.25, 0.3) is 0 Å². The minimum Gasteiger partial charge on any atom is -0.492 e. The Morgan fingerprint density at radius 3 is 2.84 bits per heavy atom. The molecule has 0 aliphatic heterocycles. The first-order valence-electron chi connectivity index (χ1n) is 7.20. The lowest BCUT2D eigenvalue weighted by molar-refractivity contribution is 0.304. The second kappa shape index (κ2) is 9.56. The third-order valence-electron chi connectivity index (χ3n) is 3.11. The largest absolute Gasteiger partial charge is 0.492 e. The van der Waals surface area contributed by atoms with Crippen molar-refractivity contribution in [2.75, 3.05) is 6.61 Å². The molecule has 1 heterocycles. The second-order valence-electron chi connectivity index (χ2n) is 4.84. The normalized spacial score (nSPS) is 12.1. The molecule has 0 fully saturated rings. The van der Waals surface area contributed by atoms with Crippen LogP contribution >= 0.6 is 0 Å². The van der Waals surface area contributed by atoms with E-state index < -0.39 is 0 Å². The number of nitrogens with two attached hydrogens (primary N) is 1. The SMILES string of the molecule is C=CCCCCCOc1ccc(CC(N)CC)nc1. The molecule has 1 rings (SSSR count). The lowest BCUT2D eigenvalue weighted by Crippen LogP contribution is -2.21. The monoisotopic (exact) mass is 262 g/mol. The molecule has 2 N–H and O–H groups in total. The molecule has 0 aromatic carbocycles. The number of unbranched alkanes of at least 4 members (excludes halogenated alkanes) is 3. The van der Waals surface area contributed by atoms with Gasteiger partial charge < -0.3 is 10.5 Å². The molecule has 0 saturated heterocycles. The van der Waals surface area contributed by atoms with Crippen molar-refractivity contribution in [3.8, 4) is 5.75 Å². The second-order valence-corrected chi connectivity index (χ2v) is 4.84. The topological polar surface area (TPSA) is 48.1 Å². The number of hydrogen-bond donors (Lipinski definition) is 1. The van der Waals surface area contributed by atoms with Gasteiger partial charge in [-0.15, -0.1) is 6.58 Å². The molecule has 0 spiro atoms. The Morgan fingerprint density at radius 2 is 2.21 bits per heavy atom. The quantitative estimate of drug-likeness (QED) is 0.518. The summed E-state index contributed by atoms with van der Waals surface area (Å²) in [4.78, 5) is 4.38. The maximum absolute atomic E-state index is 5.90. The van der Waals surface area contributed by atoms with Crippen molar-refractivity contribution in [1.29, 1.82) is 0 Å². The Balaban J connectivity index is 2.22. The average Bonchev–Trinajstić information content (AvgIpc) is 2.44. The van der Waals surface area contributed by atoms with E-state index >= 15 is 0 Å². The Hall–Kier alpha value is -1.35. The Morgan fingerprint density at radius 1 is 1.37 bits per heavy atom. The van der Waals surface area contributed by atoms with Crippen LogP contribution in [0.3, 0.4) is 0 Å². The molecule has 19 heavy (non-hydrogen) atoms. The van der Waals surface area contributed by atoms with Crippen LogP contribution in [0, 0.1) is 0 Å². The number of nitrogens with zero attached hydrogens (tertiary/aromatic N) is 1. The van der Waals surface area contributed by atoms with E-state index in [9.17, 15) is 0 Å². The summed E-state index contributed by atoms with van der Waals surface area (Å²) < 4.78 is 5.65. The molecule has 3 nitrogen and oxygen atoms in total. The van der Waals surface area contributed by atoms with Gasteiger partial charge in [-0.2, -0.15) is 0 Å². The summed E-state index contributed by atoms with van der Waals surface area (Å²) in [7, 11) is 0. The Bertz CT molecular complexity index is 348. The molecule has 1 unspecified atom stereocenters. The molecule has 0 bridgehead atoms. The molecule has 1 aromatic heterocycles. The highest BCUT2D eigenvalue weighted by molar-refractivity contribution is 5.20. The summed E-state index contributed by atoms with van der Waals surface area (Å²) in [5.74, 6) is 0.845. The van der Waals surface area contributed by atoms with Crippen molar-refractivity contribution < 1.29 is 4.74 Å². The highest BCUT2D eigenvalue weighted by Crippen LogP contribution is 2.11. The summed E-state index contributed by atoms with van der Waals surface area (Å²) >= 11 is 0. The molecule has 106 valence electrons. The summed E-state index contributed by atoms with van der Waals surface area (Å²) in [5, 5.41) is 0. The van der Waals surface area contributed by atoms with Gasteiger partial charge in [0.25, 0.3) is 0 Å². The van der Waals surface area contributed by atoms with Gasteiger partial charge in [-0.25, -0.2) is 0 Å². The van der Waals surface area contributed by atoms with Crippen molar-refractivity contribution in [2.45, 2.75) is 51.5 Å². The average molecular weight is 262 g/mol. The number of rotatable bonds is 10. The lowest BCUT2D eigenvalue weighted by atomic mass is 10.1. The molecule has 0 aliphatic rings. The van der Waals surface area contributed by atoms with E-state index in [0.717, 1.165) is 43.7 Å². The van der Waals surface area contributed by atoms with Gasteiger partial charge in [0.1, 0.15) is 5.75 Å². The fourth-order valence-corrected chi connectivity index (χ4v) is 1.79. The number of hydrogen-bond acceptors (Lipinski definition) is 3. The first-order chi connectivity index (χ1) is 9.26. The summed E-state index contributed by atoms with van der Waals surface area (Å²) in [5.41, 5.74) is 6.94. The van der Waals surface area contributed by atoms with Gasteiger partial charge in [0, 0.05) is 18.2 Å². The van der Waals surface area contributed by atoms with Crippen LogP contribution in [0.2, 0.25) is 0 Å². The molecule has 1 atom stereocenters. The minimum absolute atomic E-state index is 0.198. The van der Waals surface area contributed by atoms with Crippen molar-refractivity contribution in [3.05, 3.63) is 36.7 Å². The molecular weight excluding hydrogens is 236 g/mol. The van der Waals surface area contributed by atoms with E-state index in [1.807, 2.05) is 18.2 Å². The van der Waals surface area contributed by atoms with E-state index in [-0.39, 0.29) is 6.04 Å². The Labute approximate surface area is 116 Å². The van der Waals surface area contributed by atoms with E-state index in [0.29, 0.717) is 0 Å². The zero-order chi connectivity index (χ0) is 13.9. The molecule has 3 heteroatoms. The molecule has 0 amide bonds. The van der Waals surface area contributed by atoms with Crippen molar-refractivity contribution in [2.24, 2.45) is 5.73 Å². The van der Waals surface area contributed by atoms with Gasteiger partial charge in [-0.05, 0) is 44.2 Å². The predicted octanol–water partition coefficient (Wildman–Crippen LogP) is 3.49. The van der Waals surface area contributed by atoms with Crippen LogP contribution in [0.4, 0.5) is 0 Å². The summed E-state index contributed by atoms with van der Waals surface area (Å²) in [6.07, 6.45) is 10.1. The number of allylic oxidation sites excluding steroid dienone is 1. The first-order valence-corrected chi connectivity index (χ1v) is 7.20. The summed E-state index contributed by atoms with van der Waals surface area (Å²) in [6, 6.07) is 4.18. The Kier molecular flexibility index (Phi) is 7.91. The smallest absolute Gasteiger partial charge is 0.137 e. The molecule has 1 aromatic rings. The minimum atomic E-state index is 0.198. The van der Waals surface area contributed by atoms with E-state index in [1.54, 1.807) is 6.20 Å². The third-order valence-corrected chi connectivity index (χ3v) is 3.11. The molecular formula is C16H26N2O. The van der Waals surface area contributed by atoms with Gasteiger partial charge >= 0.3 is 0 Å². The molecule has 0 aliphatic carbocycles. The fraction of sp³-hybridized carbons (Fsp3) is 0.562. The van der Waals surface area contributed by atoms with E-state index in [4.69, 9.17) is 10.5 Å². The van der Waals surface area contributed by atoms with Crippen LogP contribution in [-0.2, 0) is 6.42 Å². The number of ether oxygens (including phenoxy) is 1. The van der Waals surface area contributed by atoms with Crippen LogP contribution in [-0.4, -0.2) is 17.6 Å². The van der Waals surface area contributed by atoms with Gasteiger partial charge in [0.05, 0.1) is 12.8 Å². The number of pyridine rings is 1. The van der Waals surface area contributed by atoms with Crippen molar-refractivity contribution in [1.82, 2.24) is 4.98 Å². The molecule has 0 saturated carbocycles. The van der Waals surface area contributed by atoms with E-state index in [1.165, 1.54) is 12.8 Å². The van der Waals surface area contributed by atoms with Crippen LogP contribution < -0.4 is 10.5 Å². The summed E-state index contributed by atoms with van der Waals surface area (Å²) in [6.45, 7) is 6.56. The van der Waals surface area contributed by atoms with Gasteiger partial charge in [0.2, 0.25) is 0 Å². The van der Waals surface area contributed by atoms with Gasteiger partial charge in [-0.3, -0.25) is 4.98 Å². The zero-order valence-electron chi connectivity index (χ0n) is 12.0. The first kappa shape index (κ1) is 15.7. The number of aromatic nitrogens is 1.